The van der Waals surface area contributed by atoms with Gasteiger partial charge in [0.2, 0.25) is 0 Å². The predicted octanol–water partition coefficient (Wildman–Crippen LogP) is 2.67. The average Bonchev–Trinajstić information content (AvgIpc) is 2.65. The molecule has 0 bridgehead atoms. The lowest BCUT2D eigenvalue weighted by Crippen LogP contribution is -2.46. The zero-order chi connectivity index (χ0) is 18.1. The number of aliphatic imine (C=N–C) groups is 1. The fourth-order valence-corrected chi connectivity index (χ4v) is 3.43. The average molecular weight is 474 g/mol. The van der Waals surface area contributed by atoms with Crippen molar-refractivity contribution in [3.05, 3.63) is 35.9 Å². The van der Waals surface area contributed by atoms with E-state index in [-0.39, 0.29) is 36.5 Å². The van der Waals surface area contributed by atoms with Crippen molar-refractivity contribution < 1.29 is 5.11 Å². The molecule has 1 aromatic rings. The second kappa shape index (κ2) is 12.5. The summed E-state index contributed by atoms with van der Waals surface area (Å²) in [6.45, 7) is 8.66. The van der Waals surface area contributed by atoms with Crippen molar-refractivity contribution in [3.63, 3.8) is 0 Å². The predicted molar refractivity (Wildman–Crippen MR) is 120 cm³/mol. The third kappa shape index (κ3) is 7.40. The van der Waals surface area contributed by atoms with Gasteiger partial charge in [0.05, 0.1) is 6.61 Å². The van der Waals surface area contributed by atoms with Crippen LogP contribution in [-0.4, -0.2) is 61.8 Å². The summed E-state index contributed by atoms with van der Waals surface area (Å²) in [5, 5.41) is 16.5. The molecule has 1 heterocycles. The molecule has 0 radical (unpaired) electrons. The van der Waals surface area contributed by atoms with Gasteiger partial charge in [-0.1, -0.05) is 30.3 Å². The van der Waals surface area contributed by atoms with Crippen LogP contribution in [0.2, 0.25) is 0 Å². The zero-order valence-corrected chi connectivity index (χ0v) is 18.6. The summed E-state index contributed by atoms with van der Waals surface area (Å²) in [7, 11) is 1.80. The Hall–Kier alpha value is -0.860. The lowest BCUT2D eigenvalue weighted by Gasteiger charge is -2.35. The molecule has 26 heavy (non-hydrogen) atoms. The Bertz CT molecular complexity index is 524. The number of piperidine rings is 1. The zero-order valence-electron chi connectivity index (χ0n) is 16.3. The van der Waals surface area contributed by atoms with E-state index in [0.717, 1.165) is 24.6 Å². The molecular formula is C20H35IN4O. The lowest BCUT2D eigenvalue weighted by molar-refractivity contribution is 0.141. The SMILES string of the molecule is CN=C(NCC1CCCN(C(C)C)C1)NCC(CO)c1ccccc1.I. The highest BCUT2D eigenvalue weighted by molar-refractivity contribution is 14.0. The van der Waals surface area contributed by atoms with Gasteiger partial charge in [0.1, 0.15) is 0 Å². The third-order valence-electron chi connectivity index (χ3n) is 5.07. The molecule has 1 saturated heterocycles. The van der Waals surface area contributed by atoms with Crippen molar-refractivity contribution in [3.8, 4) is 0 Å². The summed E-state index contributed by atoms with van der Waals surface area (Å²) in [4.78, 5) is 6.88. The molecule has 1 aliphatic rings. The minimum Gasteiger partial charge on any atom is -0.396 e. The third-order valence-corrected chi connectivity index (χ3v) is 5.07. The first-order valence-corrected chi connectivity index (χ1v) is 9.48. The van der Waals surface area contributed by atoms with Crippen LogP contribution in [0.1, 0.15) is 38.2 Å². The normalized spacial score (nSPS) is 19.7. The smallest absolute Gasteiger partial charge is 0.191 e. The Morgan fingerprint density at radius 3 is 2.62 bits per heavy atom. The van der Waals surface area contributed by atoms with E-state index in [0.29, 0.717) is 18.5 Å². The number of aliphatic hydroxyl groups excluding tert-OH is 1. The summed E-state index contributed by atoms with van der Waals surface area (Å²) in [6.07, 6.45) is 2.55. The largest absolute Gasteiger partial charge is 0.396 e. The van der Waals surface area contributed by atoms with E-state index >= 15 is 0 Å². The molecule has 5 nitrogen and oxygen atoms in total. The number of aliphatic hydroxyl groups is 1. The van der Waals surface area contributed by atoms with Gasteiger partial charge < -0.3 is 20.6 Å². The molecule has 0 aromatic heterocycles. The van der Waals surface area contributed by atoms with E-state index in [4.69, 9.17) is 0 Å². The van der Waals surface area contributed by atoms with Crippen LogP contribution in [-0.2, 0) is 0 Å². The van der Waals surface area contributed by atoms with Crippen molar-refractivity contribution in [1.82, 2.24) is 15.5 Å². The van der Waals surface area contributed by atoms with Crippen LogP contribution < -0.4 is 10.6 Å². The topological polar surface area (TPSA) is 59.9 Å². The molecule has 148 valence electrons. The molecule has 3 N–H and O–H groups in total. The number of nitrogens with zero attached hydrogens (tertiary/aromatic N) is 2. The molecule has 0 saturated carbocycles. The highest BCUT2D eigenvalue weighted by Gasteiger charge is 2.21. The molecular weight excluding hydrogens is 439 g/mol. The Kier molecular flexibility index (Phi) is 11.2. The Morgan fingerprint density at radius 1 is 1.27 bits per heavy atom. The van der Waals surface area contributed by atoms with Gasteiger partial charge in [0, 0.05) is 38.6 Å². The minimum absolute atomic E-state index is 0. The first-order valence-electron chi connectivity index (χ1n) is 9.48. The summed E-state index contributed by atoms with van der Waals surface area (Å²) < 4.78 is 0. The summed E-state index contributed by atoms with van der Waals surface area (Å²) >= 11 is 0. The van der Waals surface area contributed by atoms with Crippen LogP contribution in [0.15, 0.2) is 35.3 Å². The van der Waals surface area contributed by atoms with E-state index in [1.54, 1.807) is 7.05 Å². The molecule has 6 heteroatoms. The standard InChI is InChI=1S/C20H34N4O.HI/c1-16(2)24-11-7-8-17(14-24)12-22-20(21-3)23-13-19(15-25)18-9-5-4-6-10-18;/h4-6,9-10,16-17,19,25H,7-8,11-15H2,1-3H3,(H2,21,22,23);1H. The van der Waals surface area contributed by atoms with Crippen LogP contribution in [0.5, 0.6) is 0 Å². The molecule has 1 fully saturated rings. The number of rotatable bonds is 7. The van der Waals surface area contributed by atoms with Gasteiger partial charge in [0.25, 0.3) is 0 Å². The summed E-state index contributed by atoms with van der Waals surface area (Å²) in [5.74, 6) is 1.55. The van der Waals surface area contributed by atoms with E-state index in [9.17, 15) is 5.11 Å². The Balaban J connectivity index is 0.00000338. The molecule has 2 atom stereocenters. The number of hydrogen-bond acceptors (Lipinski definition) is 3. The number of hydrogen-bond donors (Lipinski definition) is 3. The van der Waals surface area contributed by atoms with Crippen molar-refractivity contribution in [2.75, 3.05) is 39.8 Å². The Morgan fingerprint density at radius 2 is 2.00 bits per heavy atom. The van der Waals surface area contributed by atoms with Gasteiger partial charge in [-0.15, -0.1) is 24.0 Å². The molecule has 1 aromatic carbocycles. The highest BCUT2D eigenvalue weighted by Crippen LogP contribution is 2.17. The fourth-order valence-electron chi connectivity index (χ4n) is 3.43. The molecule has 0 spiro atoms. The maximum absolute atomic E-state index is 9.67. The van der Waals surface area contributed by atoms with Crippen LogP contribution >= 0.6 is 24.0 Å². The maximum atomic E-state index is 9.67. The number of benzene rings is 1. The van der Waals surface area contributed by atoms with Gasteiger partial charge in [-0.25, -0.2) is 0 Å². The quantitative estimate of drug-likeness (QED) is 0.323. The monoisotopic (exact) mass is 474 g/mol. The van der Waals surface area contributed by atoms with E-state index in [1.807, 2.05) is 18.2 Å². The fraction of sp³-hybridized carbons (Fsp3) is 0.650. The van der Waals surface area contributed by atoms with Crippen LogP contribution in [0, 0.1) is 5.92 Å². The van der Waals surface area contributed by atoms with Gasteiger partial charge in [0.15, 0.2) is 5.96 Å². The van der Waals surface area contributed by atoms with Crippen LogP contribution in [0.3, 0.4) is 0 Å². The van der Waals surface area contributed by atoms with E-state index < -0.39 is 0 Å². The van der Waals surface area contributed by atoms with Crippen molar-refractivity contribution in [2.24, 2.45) is 10.9 Å². The molecule has 0 amide bonds. The van der Waals surface area contributed by atoms with Crippen molar-refractivity contribution in [2.45, 2.75) is 38.6 Å². The highest BCUT2D eigenvalue weighted by atomic mass is 127. The van der Waals surface area contributed by atoms with E-state index in [1.165, 1.54) is 19.4 Å². The summed E-state index contributed by atoms with van der Waals surface area (Å²) in [5.41, 5.74) is 1.15. The maximum Gasteiger partial charge on any atom is 0.191 e. The van der Waals surface area contributed by atoms with E-state index in [2.05, 4.69) is 46.5 Å². The molecule has 2 unspecified atom stereocenters. The lowest BCUT2D eigenvalue weighted by atomic mass is 9.97. The van der Waals surface area contributed by atoms with Crippen molar-refractivity contribution >= 4 is 29.9 Å². The number of likely N-dealkylation sites (tertiary alicyclic amines) is 1. The first kappa shape index (κ1) is 23.2. The van der Waals surface area contributed by atoms with Gasteiger partial charge in [-0.3, -0.25) is 4.99 Å². The van der Waals surface area contributed by atoms with Gasteiger partial charge >= 0.3 is 0 Å². The second-order valence-corrected chi connectivity index (χ2v) is 7.22. The second-order valence-electron chi connectivity index (χ2n) is 7.22. The van der Waals surface area contributed by atoms with Gasteiger partial charge in [-0.05, 0) is 44.7 Å². The molecule has 1 aliphatic heterocycles. The number of guanidine groups is 1. The van der Waals surface area contributed by atoms with Crippen LogP contribution in [0.25, 0.3) is 0 Å². The number of nitrogens with one attached hydrogen (secondary N) is 2. The first-order chi connectivity index (χ1) is 12.1. The molecule has 0 aliphatic carbocycles. The minimum atomic E-state index is 0. The van der Waals surface area contributed by atoms with Gasteiger partial charge in [-0.2, -0.15) is 0 Å². The summed E-state index contributed by atoms with van der Waals surface area (Å²) in [6, 6.07) is 10.7. The number of halogens is 1. The Labute approximate surface area is 175 Å². The van der Waals surface area contributed by atoms with Crippen LogP contribution in [0.4, 0.5) is 0 Å². The van der Waals surface area contributed by atoms with Crippen molar-refractivity contribution in [1.29, 1.82) is 0 Å². The molecule has 2 rings (SSSR count).